The van der Waals surface area contributed by atoms with E-state index in [2.05, 4.69) is 15.4 Å². The Morgan fingerprint density at radius 3 is 3.08 bits per heavy atom. The Balaban J connectivity index is 2.28. The molecule has 66 valence electrons. The molecule has 1 heterocycles. The van der Waals surface area contributed by atoms with Crippen molar-refractivity contribution in [2.75, 3.05) is 6.54 Å². The molecule has 1 aromatic heterocycles. The summed E-state index contributed by atoms with van der Waals surface area (Å²) < 4.78 is 1.91. The van der Waals surface area contributed by atoms with Crippen molar-refractivity contribution in [1.29, 1.82) is 0 Å². The van der Waals surface area contributed by atoms with Gasteiger partial charge in [-0.1, -0.05) is 0 Å². The molecule has 0 saturated heterocycles. The van der Waals surface area contributed by atoms with Gasteiger partial charge in [0, 0.05) is 18.9 Å². The van der Waals surface area contributed by atoms with Crippen LogP contribution in [-0.2, 0) is 6.54 Å². The summed E-state index contributed by atoms with van der Waals surface area (Å²) in [4.78, 5) is 7.81. The number of hydrogen-bond acceptors (Lipinski definition) is 3. The number of nitrogens with zero attached hydrogens (tertiary/aromatic N) is 3. The quantitative estimate of drug-likeness (QED) is 0.225. The molecule has 0 bridgehead atoms. The van der Waals surface area contributed by atoms with E-state index >= 15 is 0 Å². The van der Waals surface area contributed by atoms with Gasteiger partial charge in [-0.05, 0) is 0 Å². The second kappa shape index (κ2) is 4.35. The number of nitrogens with two attached hydrogens (primary N) is 2. The standard InChI is InChI=1S/C6H12N6/c7-6(11-8)10-2-4-12-3-1-9-5-12/h1,3,5H,2,4,8H2,(H3,7,10,11). The summed E-state index contributed by atoms with van der Waals surface area (Å²) in [7, 11) is 0. The van der Waals surface area contributed by atoms with Gasteiger partial charge in [-0.3, -0.25) is 10.4 Å². The zero-order valence-electron chi connectivity index (χ0n) is 6.64. The molecular formula is C6H12N6. The van der Waals surface area contributed by atoms with Gasteiger partial charge in [-0.2, -0.15) is 0 Å². The van der Waals surface area contributed by atoms with E-state index < -0.39 is 0 Å². The minimum Gasteiger partial charge on any atom is -0.369 e. The maximum absolute atomic E-state index is 5.30. The van der Waals surface area contributed by atoms with Gasteiger partial charge in [0.05, 0.1) is 12.9 Å². The van der Waals surface area contributed by atoms with Crippen LogP contribution in [-0.4, -0.2) is 22.1 Å². The van der Waals surface area contributed by atoms with E-state index in [1.165, 1.54) is 0 Å². The zero-order chi connectivity index (χ0) is 8.81. The van der Waals surface area contributed by atoms with E-state index in [1.54, 1.807) is 12.5 Å². The van der Waals surface area contributed by atoms with Crippen molar-refractivity contribution in [2.24, 2.45) is 16.6 Å². The number of nitrogens with one attached hydrogen (secondary N) is 1. The van der Waals surface area contributed by atoms with E-state index in [9.17, 15) is 0 Å². The summed E-state index contributed by atoms with van der Waals surface area (Å²) in [5.41, 5.74) is 7.55. The lowest BCUT2D eigenvalue weighted by Gasteiger charge is -1.99. The summed E-state index contributed by atoms with van der Waals surface area (Å²) in [6.07, 6.45) is 5.30. The first-order valence-corrected chi connectivity index (χ1v) is 3.55. The maximum Gasteiger partial charge on any atom is 0.203 e. The number of guanidine groups is 1. The van der Waals surface area contributed by atoms with Crippen molar-refractivity contribution in [3.05, 3.63) is 18.7 Å². The predicted octanol–water partition coefficient (Wildman–Crippen LogP) is -1.34. The Hall–Kier alpha value is -1.56. The monoisotopic (exact) mass is 168 g/mol. The molecule has 0 aromatic carbocycles. The minimum absolute atomic E-state index is 0.245. The average molecular weight is 168 g/mol. The van der Waals surface area contributed by atoms with Gasteiger partial charge >= 0.3 is 0 Å². The van der Waals surface area contributed by atoms with Crippen molar-refractivity contribution in [3.63, 3.8) is 0 Å². The highest BCUT2D eigenvalue weighted by Crippen LogP contribution is 1.85. The predicted molar refractivity (Wildman–Crippen MR) is 46.0 cm³/mol. The van der Waals surface area contributed by atoms with Crippen LogP contribution in [0.3, 0.4) is 0 Å². The van der Waals surface area contributed by atoms with Crippen LogP contribution < -0.4 is 17.0 Å². The van der Waals surface area contributed by atoms with Crippen LogP contribution in [0.2, 0.25) is 0 Å². The summed E-state index contributed by atoms with van der Waals surface area (Å²) in [6.45, 7) is 1.34. The van der Waals surface area contributed by atoms with Gasteiger partial charge in [-0.15, -0.1) is 0 Å². The Kier molecular flexibility index (Phi) is 3.09. The zero-order valence-corrected chi connectivity index (χ0v) is 6.64. The van der Waals surface area contributed by atoms with Crippen LogP contribution in [0, 0.1) is 0 Å². The molecule has 6 heteroatoms. The second-order valence-electron chi connectivity index (χ2n) is 2.21. The van der Waals surface area contributed by atoms with Crippen LogP contribution in [0.4, 0.5) is 0 Å². The molecule has 5 N–H and O–H groups in total. The summed E-state index contributed by atoms with van der Waals surface area (Å²) >= 11 is 0. The highest BCUT2D eigenvalue weighted by molar-refractivity contribution is 5.76. The van der Waals surface area contributed by atoms with Gasteiger partial charge in [0.1, 0.15) is 0 Å². The van der Waals surface area contributed by atoms with E-state index in [4.69, 9.17) is 11.6 Å². The molecule has 0 spiro atoms. The maximum atomic E-state index is 5.30. The fourth-order valence-corrected chi connectivity index (χ4v) is 0.751. The normalized spacial score (nSPS) is 11.6. The first kappa shape index (κ1) is 8.54. The Labute approximate surface area is 70.3 Å². The molecule has 0 aliphatic carbocycles. The number of imidazole rings is 1. The number of rotatable bonds is 3. The third-order valence-corrected chi connectivity index (χ3v) is 1.35. The van der Waals surface area contributed by atoms with Crippen LogP contribution >= 0.6 is 0 Å². The number of hydrogen-bond donors (Lipinski definition) is 3. The Morgan fingerprint density at radius 2 is 2.50 bits per heavy atom. The Morgan fingerprint density at radius 1 is 1.67 bits per heavy atom. The molecule has 0 aliphatic rings. The molecule has 0 unspecified atom stereocenters. The van der Waals surface area contributed by atoms with Crippen LogP contribution in [0.25, 0.3) is 0 Å². The molecule has 1 rings (SSSR count). The minimum atomic E-state index is 0.245. The fraction of sp³-hybridized carbons (Fsp3) is 0.333. The van der Waals surface area contributed by atoms with Gasteiger partial charge in [0.25, 0.3) is 0 Å². The average Bonchev–Trinajstić information content (AvgIpc) is 2.57. The van der Waals surface area contributed by atoms with E-state index in [1.807, 2.05) is 10.8 Å². The van der Waals surface area contributed by atoms with Gasteiger partial charge in [0.15, 0.2) is 0 Å². The smallest absolute Gasteiger partial charge is 0.203 e. The molecule has 0 fully saturated rings. The van der Waals surface area contributed by atoms with Crippen molar-refractivity contribution in [2.45, 2.75) is 6.54 Å². The first-order valence-electron chi connectivity index (χ1n) is 3.55. The SMILES string of the molecule is NNC(N)=NCCn1ccnc1. The number of aliphatic imine (C=N–C) groups is 1. The largest absolute Gasteiger partial charge is 0.369 e. The van der Waals surface area contributed by atoms with Crippen LogP contribution in [0.1, 0.15) is 0 Å². The number of hydrazine groups is 1. The lowest BCUT2D eigenvalue weighted by Crippen LogP contribution is -2.37. The molecule has 1 aromatic rings. The summed E-state index contributed by atoms with van der Waals surface area (Å²) in [5, 5.41) is 0. The second-order valence-corrected chi connectivity index (χ2v) is 2.21. The van der Waals surface area contributed by atoms with Crippen molar-refractivity contribution < 1.29 is 0 Å². The topological polar surface area (TPSA) is 94.2 Å². The molecule has 12 heavy (non-hydrogen) atoms. The molecule has 0 amide bonds. The van der Waals surface area contributed by atoms with E-state index in [0.717, 1.165) is 6.54 Å². The third-order valence-electron chi connectivity index (χ3n) is 1.35. The third kappa shape index (κ3) is 2.59. The Bertz CT molecular complexity index is 239. The molecule has 0 saturated carbocycles. The first-order chi connectivity index (χ1) is 5.83. The molecule has 0 radical (unpaired) electrons. The summed E-state index contributed by atoms with van der Waals surface area (Å²) in [6, 6.07) is 0. The van der Waals surface area contributed by atoms with Crippen LogP contribution in [0.5, 0.6) is 0 Å². The van der Waals surface area contributed by atoms with Crippen molar-refractivity contribution in [3.8, 4) is 0 Å². The molecule has 0 atom stereocenters. The molecule has 0 aliphatic heterocycles. The fourth-order valence-electron chi connectivity index (χ4n) is 0.751. The molecule has 6 nitrogen and oxygen atoms in total. The highest BCUT2D eigenvalue weighted by Gasteiger charge is 1.88. The van der Waals surface area contributed by atoms with Crippen molar-refractivity contribution >= 4 is 5.96 Å². The lowest BCUT2D eigenvalue weighted by molar-refractivity contribution is 0.705. The number of aromatic nitrogens is 2. The lowest BCUT2D eigenvalue weighted by atomic mass is 10.6. The highest BCUT2D eigenvalue weighted by atomic mass is 15.3. The van der Waals surface area contributed by atoms with Gasteiger partial charge in [0.2, 0.25) is 5.96 Å². The van der Waals surface area contributed by atoms with Crippen LogP contribution in [0.15, 0.2) is 23.7 Å². The van der Waals surface area contributed by atoms with E-state index in [-0.39, 0.29) is 5.96 Å². The van der Waals surface area contributed by atoms with Gasteiger partial charge < -0.3 is 10.3 Å². The molecular weight excluding hydrogens is 156 g/mol. The summed E-state index contributed by atoms with van der Waals surface area (Å²) in [5.74, 6) is 5.25. The van der Waals surface area contributed by atoms with Crippen molar-refractivity contribution in [1.82, 2.24) is 15.0 Å². The van der Waals surface area contributed by atoms with E-state index in [0.29, 0.717) is 6.54 Å². The van der Waals surface area contributed by atoms with Gasteiger partial charge in [-0.25, -0.2) is 10.8 Å².